The van der Waals surface area contributed by atoms with Crippen LogP contribution < -0.4 is 0 Å². The Morgan fingerprint density at radius 1 is 1.23 bits per heavy atom. The molecule has 1 aliphatic carbocycles. The number of nitrogens with zero attached hydrogens (tertiary/aromatic N) is 2. The maximum atomic E-state index is 12.9. The number of pyridine rings is 1. The highest BCUT2D eigenvalue weighted by Crippen LogP contribution is 2.50. The maximum Gasteiger partial charge on any atom is 0.146 e. The lowest BCUT2D eigenvalue weighted by Gasteiger charge is -2.37. The number of rotatable bonds is 2. The van der Waals surface area contributed by atoms with Crippen molar-refractivity contribution in [3.05, 3.63) is 36.4 Å². The molecule has 1 aromatic heterocycles. The minimum absolute atomic E-state index is 0. The topological polar surface area (TPSA) is 64.7 Å². The van der Waals surface area contributed by atoms with Crippen LogP contribution in [-0.4, -0.2) is 31.6 Å². The zero-order chi connectivity index (χ0) is 14.4. The lowest BCUT2D eigenvalue weighted by Crippen LogP contribution is -2.34. The Morgan fingerprint density at radius 3 is 2.68 bits per heavy atom. The van der Waals surface area contributed by atoms with Gasteiger partial charge in [-0.05, 0) is 49.8 Å². The molecule has 22 heavy (non-hydrogen) atoms. The SMILES string of the molecule is CC1CC2(CCC2)CN1S(=O)c1ccc2ccccc2n1.O. The molecule has 2 N–H and O–H groups in total. The van der Waals surface area contributed by atoms with Crippen LogP contribution in [0, 0.1) is 5.41 Å². The second-order valence-corrected chi connectivity index (χ2v) is 7.96. The largest absolute Gasteiger partial charge is 0.412 e. The highest BCUT2D eigenvalue weighted by molar-refractivity contribution is 7.82. The van der Waals surface area contributed by atoms with Crippen molar-refractivity contribution < 1.29 is 9.69 Å². The van der Waals surface area contributed by atoms with E-state index in [1.165, 1.54) is 25.7 Å². The van der Waals surface area contributed by atoms with Crippen molar-refractivity contribution >= 4 is 21.9 Å². The van der Waals surface area contributed by atoms with Crippen molar-refractivity contribution in [2.45, 2.75) is 43.7 Å². The number of hydrogen-bond donors (Lipinski definition) is 0. The third-order valence-corrected chi connectivity index (χ3v) is 6.59. The fourth-order valence-electron chi connectivity index (χ4n) is 3.81. The first kappa shape index (κ1) is 15.6. The smallest absolute Gasteiger partial charge is 0.146 e. The molecule has 2 fully saturated rings. The molecule has 4 nitrogen and oxygen atoms in total. The molecule has 118 valence electrons. The summed E-state index contributed by atoms with van der Waals surface area (Å²) < 4.78 is 15.1. The van der Waals surface area contributed by atoms with Gasteiger partial charge in [0.2, 0.25) is 0 Å². The standard InChI is InChI=1S/C17H20N2OS.H2O/c1-13-11-17(9-4-10-17)12-19(13)21(20)16-8-7-14-5-2-3-6-15(14)18-16;/h2-3,5-8,13H,4,9-12H2,1H3;1H2. The van der Waals surface area contributed by atoms with E-state index in [4.69, 9.17) is 0 Å². The minimum Gasteiger partial charge on any atom is -0.412 e. The summed E-state index contributed by atoms with van der Waals surface area (Å²) >= 11 is 0. The lowest BCUT2D eigenvalue weighted by atomic mass is 9.68. The summed E-state index contributed by atoms with van der Waals surface area (Å²) in [6.45, 7) is 3.17. The molecule has 0 bridgehead atoms. The molecule has 2 aliphatic rings. The monoisotopic (exact) mass is 318 g/mol. The molecule has 1 saturated carbocycles. The van der Waals surface area contributed by atoms with Gasteiger partial charge in [-0.2, -0.15) is 0 Å². The van der Waals surface area contributed by atoms with Crippen LogP contribution in [0.15, 0.2) is 41.4 Å². The Balaban J connectivity index is 0.00000144. The van der Waals surface area contributed by atoms with Crippen LogP contribution in [0.1, 0.15) is 32.6 Å². The van der Waals surface area contributed by atoms with Crippen molar-refractivity contribution in [1.29, 1.82) is 0 Å². The summed E-state index contributed by atoms with van der Waals surface area (Å²) in [5.74, 6) is 0. The summed E-state index contributed by atoms with van der Waals surface area (Å²) in [4.78, 5) is 4.60. The first-order valence-corrected chi connectivity index (χ1v) is 8.82. The summed E-state index contributed by atoms with van der Waals surface area (Å²) in [6, 6.07) is 12.3. The molecule has 2 heterocycles. The molecule has 4 rings (SSSR count). The van der Waals surface area contributed by atoms with Crippen molar-refractivity contribution in [2.75, 3.05) is 6.54 Å². The van der Waals surface area contributed by atoms with Crippen LogP contribution in [0.2, 0.25) is 0 Å². The predicted octanol–water partition coefficient (Wildman–Crippen LogP) is 2.70. The first-order valence-electron chi connectivity index (χ1n) is 7.71. The molecule has 2 aromatic rings. The van der Waals surface area contributed by atoms with Crippen molar-refractivity contribution in [3.8, 4) is 0 Å². The molecular formula is C17H22N2O2S. The van der Waals surface area contributed by atoms with Gasteiger partial charge in [-0.3, -0.25) is 0 Å². The summed E-state index contributed by atoms with van der Waals surface area (Å²) in [5.41, 5.74) is 1.37. The molecule has 1 aromatic carbocycles. The summed E-state index contributed by atoms with van der Waals surface area (Å²) in [6.07, 6.45) is 5.13. The number of aromatic nitrogens is 1. The van der Waals surface area contributed by atoms with E-state index < -0.39 is 11.0 Å². The fraction of sp³-hybridized carbons (Fsp3) is 0.471. The zero-order valence-electron chi connectivity index (χ0n) is 12.8. The Kier molecular flexibility index (Phi) is 4.05. The molecule has 2 atom stereocenters. The third kappa shape index (κ3) is 2.47. The van der Waals surface area contributed by atoms with Crippen LogP contribution in [0.3, 0.4) is 0 Å². The molecule has 2 unspecified atom stereocenters. The van der Waals surface area contributed by atoms with E-state index in [1.807, 2.05) is 36.4 Å². The van der Waals surface area contributed by atoms with Crippen LogP contribution in [-0.2, 0) is 11.0 Å². The van der Waals surface area contributed by atoms with Crippen LogP contribution in [0.4, 0.5) is 0 Å². The average molecular weight is 318 g/mol. The number of para-hydroxylation sites is 1. The molecule has 5 heteroatoms. The van der Waals surface area contributed by atoms with Crippen LogP contribution in [0.5, 0.6) is 0 Å². The fourth-order valence-corrected chi connectivity index (χ4v) is 5.20. The number of benzene rings is 1. The number of hydrogen-bond acceptors (Lipinski definition) is 2. The molecule has 0 radical (unpaired) electrons. The molecule has 0 amide bonds. The van der Waals surface area contributed by atoms with Gasteiger partial charge in [0.15, 0.2) is 0 Å². The molecular weight excluding hydrogens is 296 g/mol. The maximum absolute atomic E-state index is 12.9. The lowest BCUT2D eigenvalue weighted by molar-refractivity contribution is 0.153. The van der Waals surface area contributed by atoms with Crippen molar-refractivity contribution in [1.82, 2.24) is 9.29 Å². The Labute approximate surface area is 133 Å². The normalized spacial score (nSPS) is 24.9. The van der Waals surface area contributed by atoms with Crippen LogP contribution >= 0.6 is 0 Å². The van der Waals surface area contributed by atoms with E-state index >= 15 is 0 Å². The van der Waals surface area contributed by atoms with E-state index in [1.54, 1.807) is 0 Å². The van der Waals surface area contributed by atoms with Gasteiger partial charge in [0, 0.05) is 18.0 Å². The average Bonchev–Trinajstić information content (AvgIpc) is 2.84. The van der Waals surface area contributed by atoms with Gasteiger partial charge >= 0.3 is 0 Å². The second kappa shape index (κ2) is 5.72. The molecule has 1 spiro atoms. The summed E-state index contributed by atoms with van der Waals surface area (Å²) in [5, 5.41) is 1.79. The van der Waals surface area contributed by atoms with Gasteiger partial charge in [0.05, 0.1) is 5.52 Å². The summed E-state index contributed by atoms with van der Waals surface area (Å²) in [7, 11) is -1.14. The van der Waals surface area contributed by atoms with Crippen molar-refractivity contribution in [2.24, 2.45) is 5.41 Å². The van der Waals surface area contributed by atoms with Gasteiger partial charge in [0.25, 0.3) is 0 Å². The van der Waals surface area contributed by atoms with E-state index in [2.05, 4.69) is 16.2 Å². The Hall–Kier alpha value is -1.30. The number of fused-ring (bicyclic) bond motifs is 1. The predicted molar refractivity (Wildman–Crippen MR) is 88.8 cm³/mol. The third-order valence-electron chi connectivity index (χ3n) is 5.09. The first-order chi connectivity index (χ1) is 10.2. The van der Waals surface area contributed by atoms with Gasteiger partial charge < -0.3 is 5.48 Å². The minimum atomic E-state index is -1.14. The zero-order valence-corrected chi connectivity index (χ0v) is 13.6. The molecule has 1 saturated heterocycles. The van der Waals surface area contributed by atoms with Crippen molar-refractivity contribution in [3.63, 3.8) is 0 Å². The highest BCUT2D eigenvalue weighted by Gasteiger charge is 2.48. The van der Waals surface area contributed by atoms with E-state index in [-0.39, 0.29) is 5.48 Å². The quantitative estimate of drug-likeness (QED) is 0.854. The van der Waals surface area contributed by atoms with Gasteiger partial charge in [-0.1, -0.05) is 24.6 Å². The Morgan fingerprint density at radius 2 is 2.00 bits per heavy atom. The van der Waals surface area contributed by atoms with E-state index in [0.29, 0.717) is 16.5 Å². The van der Waals surface area contributed by atoms with E-state index in [9.17, 15) is 4.21 Å². The van der Waals surface area contributed by atoms with Gasteiger partial charge in [-0.15, -0.1) is 0 Å². The van der Waals surface area contributed by atoms with E-state index in [0.717, 1.165) is 17.4 Å². The van der Waals surface area contributed by atoms with Crippen LogP contribution in [0.25, 0.3) is 10.9 Å². The second-order valence-electron chi connectivity index (χ2n) is 6.57. The Bertz CT molecular complexity index is 715. The highest BCUT2D eigenvalue weighted by atomic mass is 32.2. The van der Waals surface area contributed by atoms with Gasteiger partial charge in [-0.25, -0.2) is 13.5 Å². The molecule has 1 aliphatic heterocycles. The van der Waals surface area contributed by atoms with Gasteiger partial charge in [0.1, 0.15) is 16.0 Å².